The average molecular weight is 412 g/mol. The van der Waals surface area contributed by atoms with Crippen molar-refractivity contribution in [2.75, 3.05) is 11.9 Å². The Bertz CT molecular complexity index is 870. The number of benzene rings is 2. The number of carbonyl (C=O) groups is 1. The second kappa shape index (κ2) is 8.21. The zero-order chi connectivity index (χ0) is 19.6. The molecule has 1 aliphatic rings. The Morgan fingerprint density at radius 2 is 2.00 bits per heavy atom. The Hall–Kier alpha value is -2.22. The van der Waals surface area contributed by atoms with E-state index in [9.17, 15) is 19.3 Å². The Kier molecular flexibility index (Phi) is 5.94. The Labute approximate surface area is 165 Å². The highest BCUT2D eigenvalue weighted by atomic mass is 35.5. The normalized spacial score (nSPS) is 13.6. The quantitative estimate of drug-likeness (QED) is 0.531. The van der Waals surface area contributed by atoms with Gasteiger partial charge < -0.3 is 5.32 Å². The monoisotopic (exact) mass is 411 g/mol. The van der Waals surface area contributed by atoms with E-state index in [1.165, 1.54) is 30.3 Å². The van der Waals surface area contributed by atoms with Gasteiger partial charge in [-0.3, -0.25) is 19.8 Å². The van der Waals surface area contributed by atoms with E-state index in [0.29, 0.717) is 10.6 Å². The summed E-state index contributed by atoms with van der Waals surface area (Å²) in [5, 5.41) is 13.8. The first kappa shape index (κ1) is 19.5. The Morgan fingerprint density at radius 1 is 1.26 bits per heavy atom. The van der Waals surface area contributed by atoms with Crippen molar-refractivity contribution < 1.29 is 14.1 Å². The predicted octanol–water partition coefficient (Wildman–Crippen LogP) is 4.64. The molecule has 0 saturated heterocycles. The van der Waals surface area contributed by atoms with E-state index in [-0.39, 0.29) is 41.4 Å². The lowest BCUT2D eigenvalue weighted by atomic mass is 10.2. The van der Waals surface area contributed by atoms with Crippen LogP contribution in [0, 0.1) is 15.9 Å². The molecule has 6 nitrogen and oxygen atoms in total. The molecule has 27 heavy (non-hydrogen) atoms. The summed E-state index contributed by atoms with van der Waals surface area (Å²) < 4.78 is 14.1. The summed E-state index contributed by atoms with van der Waals surface area (Å²) in [7, 11) is 0. The summed E-state index contributed by atoms with van der Waals surface area (Å²) in [5.74, 6) is -0.753. The number of hydrogen-bond donors (Lipinski definition) is 1. The first-order valence-electron chi connectivity index (χ1n) is 8.26. The minimum atomic E-state index is -0.565. The summed E-state index contributed by atoms with van der Waals surface area (Å²) in [6.45, 7) is 0.250. The first-order valence-corrected chi connectivity index (χ1v) is 9.01. The molecule has 3 rings (SSSR count). The van der Waals surface area contributed by atoms with Crippen LogP contribution in [0.1, 0.15) is 18.4 Å². The topological polar surface area (TPSA) is 75.5 Å². The molecular formula is C18H16Cl2FN3O3. The zero-order valence-corrected chi connectivity index (χ0v) is 15.6. The van der Waals surface area contributed by atoms with Crippen molar-refractivity contribution in [2.24, 2.45) is 0 Å². The van der Waals surface area contributed by atoms with Gasteiger partial charge in [0.2, 0.25) is 5.91 Å². The van der Waals surface area contributed by atoms with E-state index in [0.717, 1.165) is 12.8 Å². The van der Waals surface area contributed by atoms with Crippen LogP contribution in [0.25, 0.3) is 0 Å². The SMILES string of the molecule is O=C(CN(Cc1c(F)cccc1Cl)C1CC1)Nc1ccc([N+](=O)[O-])cc1Cl. The number of carbonyl (C=O) groups excluding carboxylic acids is 1. The van der Waals surface area contributed by atoms with Gasteiger partial charge in [-0.25, -0.2) is 4.39 Å². The Balaban J connectivity index is 1.68. The van der Waals surface area contributed by atoms with E-state index in [1.54, 1.807) is 6.07 Å². The molecular weight excluding hydrogens is 396 g/mol. The second-order valence-electron chi connectivity index (χ2n) is 6.31. The molecule has 0 unspecified atom stereocenters. The number of nitro groups is 1. The summed E-state index contributed by atoms with van der Waals surface area (Å²) in [5.41, 5.74) is 0.478. The van der Waals surface area contributed by atoms with Gasteiger partial charge in [-0.1, -0.05) is 29.3 Å². The number of non-ortho nitro benzene ring substituents is 1. The van der Waals surface area contributed by atoms with Gasteiger partial charge in [0.15, 0.2) is 0 Å². The number of nitrogens with zero attached hydrogens (tertiary/aromatic N) is 2. The molecule has 2 aromatic rings. The molecule has 0 aromatic heterocycles. The molecule has 2 aromatic carbocycles. The van der Waals surface area contributed by atoms with Crippen LogP contribution < -0.4 is 5.32 Å². The molecule has 0 radical (unpaired) electrons. The fraction of sp³-hybridized carbons (Fsp3) is 0.278. The van der Waals surface area contributed by atoms with E-state index < -0.39 is 10.7 Å². The maximum Gasteiger partial charge on any atom is 0.271 e. The van der Waals surface area contributed by atoms with Crippen molar-refractivity contribution in [3.8, 4) is 0 Å². The zero-order valence-electron chi connectivity index (χ0n) is 14.1. The van der Waals surface area contributed by atoms with E-state index in [2.05, 4.69) is 5.32 Å². The molecule has 142 valence electrons. The molecule has 0 heterocycles. The van der Waals surface area contributed by atoms with Crippen LogP contribution >= 0.6 is 23.2 Å². The summed E-state index contributed by atoms with van der Waals surface area (Å²) in [6, 6.07) is 8.50. The molecule has 1 amide bonds. The van der Waals surface area contributed by atoms with E-state index >= 15 is 0 Å². The highest BCUT2D eigenvalue weighted by Gasteiger charge is 2.31. The summed E-state index contributed by atoms with van der Waals surface area (Å²) >= 11 is 12.1. The standard InChI is InChI=1S/C18H16Cl2FN3O3/c19-14-2-1-3-16(21)13(14)9-23(11-4-5-11)10-18(25)22-17-7-6-12(24(26)27)8-15(17)20/h1-3,6-8,11H,4-5,9-10H2,(H,22,25). The molecule has 9 heteroatoms. The molecule has 0 atom stereocenters. The van der Waals surface area contributed by atoms with Crippen molar-refractivity contribution in [1.29, 1.82) is 0 Å². The molecule has 0 spiro atoms. The van der Waals surface area contributed by atoms with Crippen LogP contribution in [0.4, 0.5) is 15.8 Å². The molecule has 1 saturated carbocycles. The Morgan fingerprint density at radius 3 is 2.59 bits per heavy atom. The van der Waals surface area contributed by atoms with Crippen LogP contribution in [0.2, 0.25) is 10.0 Å². The lowest BCUT2D eigenvalue weighted by Gasteiger charge is -2.22. The number of nitro benzene ring substituents is 1. The smallest absolute Gasteiger partial charge is 0.271 e. The van der Waals surface area contributed by atoms with Crippen molar-refractivity contribution in [3.63, 3.8) is 0 Å². The molecule has 1 N–H and O–H groups in total. The van der Waals surface area contributed by atoms with Crippen molar-refractivity contribution >= 4 is 40.5 Å². The van der Waals surface area contributed by atoms with Gasteiger partial charge in [0, 0.05) is 35.3 Å². The van der Waals surface area contributed by atoms with Gasteiger partial charge in [0.1, 0.15) is 5.82 Å². The summed E-state index contributed by atoms with van der Waals surface area (Å²) in [4.78, 5) is 24.5. The van der Waals surface area contributed by atoms with Gasteiger partial charge in [0.25, 0.3) is 5.69 Å². The number of halogens is 3. The number of nitrogens with one attached hydrogen (secondary N) is 1. The average Bonchev–Trinajstić information content (AvgIpc) is 3.44. The maximum atomic E-state index is 14.1. The third-order valence-electron chi connectivity index (χ3n) is 4.27. The third kappa shape index (κ3) is 4.94. The fourth-order valence-corrected chi connectivity index (χ4v) is 3.18. The lowest BCUT2D eigenvalue weighted by molar-refractivity contribution is -0.384. The van der Waals surface area contributed by atoms with Gasteiger partial charge in [-0.05, 0) is 31.0 Å². The number of rotatable bonds is 7. The molecule has 0 aliphatic heterocycles. The lowest BCUT2D eigenvalue weighted by Crippen LogP contribution is -2.35. The third-order valence-corrected chi connectivity index (χ3v) is 4.94. The van der Waals surface area contributed by atoms with Crippen LogP contribution in [-0.2, 0) is 11.3 Å². The highest BCUT2D eigenvalue weighted by Crippen LogP contribution is 2.31. The van der Waals surface area contributed by atoms with E-state index in [4.69, 9.17) is 23.2 Å². The fourth-order valence-electron chi connectivity index (χ4n) is 2.73. The first-order chi connectivity index (χ1) is 12.8. The van der Waals surface area contributed by atoms with Crippen LogP contribution in [-0.4, -0.2) is 28.3 Å². The van der Waals surface area contributed by atoms with Gasteiger partial charge >= 0.3 is 0 Å². The van der Waals surface area contributed by atoms with Crippen molar-refractivity contribution in [1.82, 2.24) is 4.90 Å². The van der Waals surface area contributed by atoms with Crippen LogP contribution in [0.15, 0.2) is 36.4 Å². The van der Waals surface area contributed by atoms with Gasteiger partial charge in [-0.15, -0.1) is 0 Å². The molecule has 1 fully saturated rings. The predicted molar refractivity (Wildman–Crippen MR) is 102 cm³/mol. The summed E-state index contributed by atoms with van der Waals surface area (Å²) in [6.07, 6.45) is 1.86. The van der Waals surface area contributed by atoms with Crippen molar-refractivity contribution in [2.45, 2.75) is 25.4 Å². The molecule has 0 bridgehead atoms. The maximum absolute atomic E-state index is 14.1. The van der Waals surface area contributed by atoms with E-state index in [1.807, 2.05) is 4.90 Å². The van der Waals surface area contributed by atoms with Crippen LogP contribution in [0.5, 0.6) is 0 Å². The number of amides is 1. The number of anilines is 1. The number of hydrogen-bond acceptors (Lipinski definition) is 4. The van der Waals surface area contributed by atoms with Gasteiger partial charge in [-0.2, -0.15) is 0 Å². The minimum absolute atomic E-state index is 0.0304. The van der Waals surface area contributed by atoms with Crippen molar-refractivity contribution in [3.05, 3.63) is 67.9 Å². The minimum Gasteiger partial charge on any atom is -0.324 e. The largest absolute Gasteiger partial charge is 0.324 e. The second-order valence-corrected chi connectivity index (χ2v) is 7.12. The van der Waals surface area contributed by atoms with Gasteiger partial charge in [0.05, 0.1) is 22.2 Å². The molecule has 1 aliphatic carbocycles. The van der Waals surface area contributed by atoms with Crippen LogP contribution in [0.3, 0.4) is 0 Å². The highest BCUT2D eigenvalue weighted by molar-refractivity contribution is 6.34.